The number of para-hydroxylation sites is 1. The third-order valence-electron chi connectivity index (χ3n) is 6.16. The smallest absolute Gasteiger partial charge is 0.259 e. The summed E-state index contributed by atoms with van der Waals surface area (Å²) in [6.45, 7) is 7.66. The largest absolute Gasteiger partial charge is 0.366 e. The topological polar surface area (TPSA) is 101 Å². The number of rotatable bonds is 5. The van der Waals surface area contributed by atoms with Crippen molar-refractivity contribution in [2.24, 2.45) is 5.73 Å². The molecule has 0 spiro atoms. The van der Waals surface area contributed by atoms with Gasteiger partial charge in [-0.25, -0.2) is 4.39 Å². The van der Waals surface area contributed by atoms with Crippen molar-refractivity contribution in [3.05, 3.63) is 94.4 Å². The maximum absolute atomic E-state index is 15.1. The third-order valence-corrected chi connectivity index (χ3v) is 6.16. The lowest BCUT2D eigenvalue weighted by molar-refractivity contribution is 0.0998. The van der Waals surface area contributed by atoms with E-state index in [-0.39, 0.29) is 16.5 Å². The second-order valence-electron chi connectivity index (χ2n) is 9.51. The zero-order chi connectivity index (χ0) is 25.5. The first-order valence-corrected chi connectivity index (χ1v) is 11.2. The van der Waals surface area contributed by atoms with Crippen molar-refractivity contribution in [3.63, 3.8) is 0 Å². The van der Waals surface area contributed by atoms with E-state index in [0.717, 1.165) is 28.4 Å². The van der Waals surface area contributed by atoms with Crippen LogP contribution < -0.4 is 11.1 Å². The van der Waals surface area contributed by atoms with Gasteiger partial charge in [0.05, 0.1) is 22.3 Å². The molecule has 4 N–H and O–H groups in total. The summed E-state index contributed by atoms with van der Waals surface area (Å²) in [5.41, 5.74) is 9.12. The van der Waals surface area contributed by atoms with E-state index in [1.165, 1.54) is 6.07 Å². The number of halogens is 1. The summed E-state index contributed by atoms with van der Waals surface area (Å²) in [6.07, 6.45) is 2.67. The standard InChI is InChI=1S/C28H27FN4O2/c1-16-22(32-27(35)25-17(14-30)12-18(13-21(25)29)28(2,3)4)9-7-11-23(16)33-15-20(26(31)34)19-8-5-6-10-24(19)33/h5-15,30H,1-4H3,(H2,31,34)(H,32,35). The number of primary amides is 1. The minimum Gasteiger partial charge on any atom is -0.366 e. The second kappa shape index (κ2) is 8.83. The Morgan fingerprint density at radius 1 is 1.09 bits per heavy atom. The molecule has 4 rings (SSSR count). The van der Waals surface area contributed by atoms with Crippen LogP contribution in [-0.2, 0) is 5.41 Å². The zero-order valence-corrected chi connectivity index (χ0v) is 20.1. The average Bonchev–Trinajstić information content (AvgIpc) is 3.19. The summed E-state index contributed by atoms with van der Waals surface area (Å²) in [6, 6.07) is 15.8. The van der Waals surface area contributed by atoms with Crippen LogP contribution in [0.1, 0.15) is 58.2 Å². The molecule has 178 valence electrons. The summed E-state index contributed by atoms with van der Waals surface area (Å²) in [5, 5.41) is 11.3. The number of nitrogens with two attached hydrogens (primary N) is 1. The molecule has 6 nitrogen and oxygen atoms in total. The van der Waals surface area contributed by atoms with Gasteiger partial charge in [-0.05, 0) is 53.8 Å². The second-order valence-corrected chi connectivity index (χ2v) is 9.51. The van der Waals surface area contributed by atoms with E-state index in [1.54, 1.807) is 24.4 Å². The Balaban J connectivity index is 1.77. The van der Waals surface area contributed by atoms with Crippen molar-refractivity contribution < 1.29 is 14.0 Å². The first-order valence-electron chi connectivity index (χ1n) is 11.2. The van der Waals surface area contributed by atoms with Gasteiger partial charge in [0.1, 0.15) is 5.82 Å². The molecule has 7 heteroatoms. The van der Waals surface area contributed by atoms with Crippen LogP contribution in [0, 0.1) is 18.2 Å². The molecular weight excluding hydrogens is 443 g/mol. The van der Waals surface area contributed by atoms with Crippen LogP contribution in [0.2, 0.25) is 0 Å². The van der Waals surface area contributed by atoms with Gasteiger partial charge in [0.2, 0.25) is 0 Å². The Bertz CT molecular complexity index is 1500. The van der Waals surface area contributed by atoms with Crippen LogP contribution in [0.25, 0.3) is 16.6 Å². The van der Waals surface area contributed by atoms with Gasteiger partial charge >= 0.3 is 0 Å². The number of fused-ring (bicyclic) bond motifs is 1. The number of amides is 2. The Labute approximate surface area is 203 Å². The number of hydrogen-bond acceptors (Lipinski definition) is 3. The molecule has 1 aromatic heterocycles. The lowest BCUT2D eigenvalue weighted by atomic mass is 9.85. The number of anilines is 1. The first-order chi connectivity index (χ1) is 16.5. The van der Waals surface area contributed by atoms with Gasteiger partial charge in [-0.1, -0.05) is 45.0 Å². The number of carbonyl (C=O) groups excluding carboxylic acids is 2. The van der Waals surface area contributed by atoms with Gasteiger partial charge in [0, 0.05) is 29.0 Å². The molecule has 0 bridgehead atoms. The fourth-order valence-electron chi connectivity index (χ4n) is 4.19. The predicted octanol–water partition coefficient (Wildman–Crippen LogP) is 5.72. The van der Waals surface area contributed by atoms with Gasteiger partial charge in [0.25, 0.3) is 11.8 Å². The normalized spacial score (nSPS) is 11.5. The SMILES string of the molecule is Cc1c(NC(=O)c2c(F)cc(C(C)(C)C)cc2C=N)cccc1-n1cc(C(N)=O)c2ccccc21. The molecule has 1 heterocycles. The maximum Gasteiger partial charge on any atom is 0.259 e. The van der Waals surface area contributed by atoms with Crippen LogP contribution in [-0.4, -0.2) is 22.6 Å². The fraction of sp³-hybridized carbons (Fsp3) is 0.179. The van der Waals surface area contributed by atoms with E-state index in [9.17, 15) is 9.59 Å². The van der Waals surface area contributed by atoms with Crippen molar-refractivity contribution in [2.75, 3.05) is 5.32 Å². The molecule has 35 heavy (non-hydrogen) atoms. The lowest BCUT2D eigenvalue weighted by Gasteiger charge is -2.21. The van der Waals surface area contributed by atoms with E-state index < -0.39 is 17.6 Å². The van der Waals surface area contributed by atoms with E-state index in [2.05, 4.69) is 5.32 Å². The summed E-state index contributed by atoms with van der Waals surface area (Å²) >= 11 is 0. The molecule has 2 amide bonds. The zero-order valence-electron chi connectivity index (χ0n) is 20.1. The van der Waals surface area contributed by atoms with Crippen LogP contribution in [0.4, 0.5) is 10.1 Å². The summed E-state index contributed by atoms with van der Waals surface area (Å²) < 4.78 is 16.9. The van der Waals surface area contributed by atoms with Crippen LogP contribution in [0.3, 0.4) is 0 Å². The molecule has 0 aliphatic heterocycles. The molecule has 4 aromatic rings. The van der Waals surface area contributed by atoms with Gasteiger partial charge in [-0.3, -0.25) is 9.59 Å². The molecule has 0 saturated heterocycles. The summed E-state index contributed by atoms with van der Waals surface area (Å²) in [4.78, 5) is 25.1. The van der Waals surface area contributed by atoms with Crippen LogP contribution in [0.15, 0.2) is 60.8 Å². The molecule has 0 unspecified atom stereocenters. The number of nitrogens with one attached hydrogen (secondary N) is 2. The number of nitrogens with zero attached hydrogens (tertiary/aromatic N) is 1. The minimum atomic E-state index is -0.676. The average molecular weight is 471 g/mol. The fourth-order valence-corrected chi connectivity index (χ4v) is 4.19. The highest BCUT2D eigenvalue weighted by Gasteiger charge is 2.23. The lowest BCUT2D eigenvalue weighted by Crippen LogP contribution is -2.20. The highest BCUT2D eigenvalue weighted by molar-refractivity contribution is 6.10. The van der Waals surface area contributed by atoms with Crippen molar-refractivity contribution >= 4 is 34.6 Å². The van der Waals surface area contributed by atoms with Crippen molar-refractivity contribution in [1.29, 1.82) is 5.41 Å². The maximum atomic E-state index is 15.1. The Morgan fingerprint density at radius 2 is 1.80 bits per heavy atom. The van der Waals surface area contributed by atoms with E-state index in [0.29, 0.717) is 16.8 Å². The number of benzene rings is 3. The molecule has 0 aliphatic rings. The Hall–Kier alpha value is -4.26. The van der Waals surface area contributed by atoms with Gasteiger partial charge in [0.15, 0.2) is 0 Å². The highest BCUT2D eigenvalue weighted by Crippen LogP contribution is 2.31. The van der Waals surface area contributed by atoms with Crippen LogP contribution in [0.5, 0.6) is 0 Å². The molecule has 0 atom stereocenters. The highest BCUT2D eigenvalue weighted by atomic mass is 19.1. The minimum absolute atomic E-state index is 0.180. The van der Waals surface area contributed by atoms with E-state index in [4.69, 9.17) is 11.1 Å². The number of aromatic nitrogens is 1. The van der Waals surface area contributed by atoms with Gasteiger partial charge < -0.3 is 21.0 Å². The monoisotopic (exact) mass is 470 g/mol. The quantitative estimate of drug-likeness (QED) is 0.325. The van der Waals surface area contributed by atoms with Gasteiger partial charge in [-0.2, -0.15) is 0 Å². The molecule has 0 aliphatic carbocycles. The third kappa shape index (κ3) is 4.33. The molecule has 0 radical (unpaired) electrons. The first kappa shape index (κ1) is 23.9. The van der Waals surface area contributed by atoms with Crippen molar-refractivity contribution in [1.82, 2.24) is 4.57 Å². The number of carbonyl (C=O) groups is 2. The van der Waals surface area contributed by atoms with Gasteiger partial charge in [-0.15, -0.1) is 0 Å². The van der Waals surface area contributed by atoms with E-state index in [1.807, 2.05) is 62.6 Å². The van der Waals surface area contributed by atoms with Crippen molar-refractivity contribution in [3.8, 4) is 5.69 Å². The summed E-state index contributed by atoms with van der Waals surface area (Å²) in [5.74, 6) is -1.85. The Kier molecular flexibility index (Phi) is 6.03. The number of hydrogen-bond donors (Lipinski definition) is 3. The van der Waals surface area contributed by atoms with E-state index >= 15 is 4.39 Å². The Morgan fingerprint density at radius 3 is 2.46 bits per heavy atom. The predicted molar refractivity (Wildman–Crippen MR) is 137 cm³/mol. The molecule has 3 aromatic carbocycles. The molecular formula is C28H27FN4O2. The van der Waals surface area contributed by atoms with Crippen molar-refractivity contribution in [2.45, 2.75) is 33.1 Å². The molecule has 0 fully saturated rings. The van der Waals surface area contributed by atoms with Crippen LogP contribution >= 0.6 is 0 Å². The molecule has 0 saturated carbocycles. The summed E-state index contributed by atoms with van der Waals surface area (Å²) in [7, 11) is 0.